The van der Waals surface area contributed by atoms with Crippen molar-refractivity contribution in [2.24, 2.45) is 5.92 Å². The van der Waals surface area contributed by atoms with Crippen molar-refractivity contribution < 1.29 is 8.78 Å². The molecule has 2 aliphatic rings. The zero-order chi connectivity index (χ0) is 19.0. The van der Waals surface area contributed by atoms with E-state index in [0.29, 0.717) is 47.2 Å². The molecule has 0 N–H and O–H groups in total. The molecule has 2 aliphatic heterocycles. The van der Waals surface area contributed by atoms with E-state index in [4.69, 9.17) is 0 Å². The van der Waals surface area contributed by atoms with E-state index in [2.05, 4.69) is 30.0 Å². The molecule has 2 fully saturated rings. The minimum absolute atomic E-state index is 0.292. The summed E-state index contributed by atoms with van der Waals surface area (Å²) >= 11 is 0. The van der Waals surface area contributed by atoms with Crippen molar-refractivity contribution in [3.63, 3.8) is 0 Å². The van der Waals surface area contributed by atoms with Gasteiger partial charge in [-0.15, -0.1) is 0 Å². The molecule has 0 amide bonds. The Morgan fingerprint density at radius 3 is 2.62 bits per heavy atom. The van der Waals surface area contributed by atoms with Crippen LogP contribution in [-0.2, 0) is 6.42 Å². The molecule has 4 heteroatoms. The summed E-state index contributed by atoms with van der Waals surface area (Å²) in [4.78, 5) is 4.44. The molecule has 0 aliphatic carbocycles. The van der Waals surface area contributed by atoms with Gasteiger partial charge >= 0.3 is 0 Å². The standard InChI is InChI=1S/C22H30F2N2/c1-6-17-21(24)18(15(4)10-14(2)3)11-19(23)22(17)26-12-16-8-7-9-25(5)20(16)13-26/h11,16,20H,2,4,6-10,12-13H2,1,3,5H3. The summed E-state index contributed by atoms with van der Waals surface area (Å²) in [5.74, 6) is -0.111. The van der Waals surface area contributed by atoms with E-state index >= 15 is 8.78 Å². The largest absolute Gasteiger partial charge is 0.367 e. The molecule has 2 saturated heterocycles. The van der Waals surface area contributed by atoms with Crippen LogP contribution in [0.2, 0.25) is 0 Å². The van der Waals surface area contributed by atoms with Crippen molar-refractivity contribution in [1.29, 1.82) is 0 Å². The topological polar surface area (TPSA) is 6.48 Å². The molecule has 2 unspecified atom stereocenters. The first-order valence-electron chi connectivity index (χ1n) is 9.62. The van der Waals surface area contributed by atoms with Crippen LogP contribution in [0.1, 0.15) is 44.2 Å². The van der Waals surface area contributed by atoms with Gasteiger partial charge in [-0.25, -0.2) is 8.78 Å². The predicted octanol–water partition coefficient (Wildman–Crippen LogP) is 5.04. The van der Waals surface area contributed by atoms with Crippen molar-refractivity contribution in [3.05, 3.63) is 47.6 Å². The summed E-state index contributed by atoms with van der Waals surface area (Å²) in [6, 6.07) is 1.77. The molecule has 26 heavy (non-hydrogen) atoms. The summed E-state index contributed by atoms with van der Waals surface area (Å²) in [5.41, 5.74) is 2.71. The average Bonchev–Trinajstić information content (AvgIpc) is 3.00. The Morgan fingerprint density at radius 2 is 2.00 bits per heavy atom. The smallest absolute Gasteiger partial charge is 0.147 e. The Labute approximate surface area is 156 Å². The van der Waals surface area contributed by atoms with Gasteiger partial charge in [-0.1, -0.05) is 25.7 Å². The zero-order valence-electron chi connectivity index (χ0n) is 16.2. The van der Waals surface area contributed by atoms with Crippen molar-refractivity contribution in [1.82, 2.24) is 4.90 Å². The normalized spacial score (nSPS) is 23.2. The molecular formula is C22H30F2N2. The van der Waals surface area contributed by atoms with Gasteiger partial charge in [0, 0.05) is 30.3 Å². The van der Waals surface area contributed by atoms with Gasteiger partial charge < -0.3 is 9.80 Å². The second-order valence-electron chi connectivity index (χ2n) is 7.99. The monoisotopic (exact) mass is 360 g/mol. The Kier molecular flexibility index (Phi) is 5.52. The van der Waals surface area contributed by atoms with E-state index in [0.717, 1.165) is 25.2 Å². The average molecular weight is 360 g/mol. The maximum atomic E-state index is 15.2. The van der Waals surface area contributed by atoms with Crippen LogP contribution in [0.3, 0.4) is 0 Å². The minimum Gasteiger partial charge on any atom is -0.367 e. The first-order valence-corrected chi connectivity index (χ1v) is 9.62. The maximum absolute atomic E-state index is 15.2. The Morgan fingerprint density at radius 1 is 1.27 bits per heavy atom. The quantitative estimate of drug-likeness (QED) is 0.679. The number of fused-ring (bicyclic) bond motifs is 1. The summed E-state index contributed by atoms with van der Waals surface area (Å²) in [6.07, 6.45) is 3.30. The highest BCUT2D eigenvalue weighted by molar-refractivity contribution is 5.71. The Hall–Kier alpha value is -1.68. The number of hydrogen-bond donors (Lipinski definition) is 0. The lowest BCUT2D eigenvalue weighted by molar-refractivity contribution is 0.158. The van der Waals surface area contributed by atoms with Gasteiger partial charge in [0.15, 0.2) is 0 Å². The van der Waals surface area contributed by atoms with E-state index in [9.17, 15) is 0 Å². The third-order valence-corrected chi connectivity index (χ3v) is 5.91. The molecule has 3 rings (SSSR count). The molecular weight excluding hydrogens is 330 g/mol. The fourth-order valence-corrected chi connectivity index (χ4v) is 4.64. The molecule has 0 saturated carbocycles. The van der Waals surface area contributed by atoms with Crippen LogP contribution in [0.25, 0.3) is 5.57 Å². The van der Waals surface area contributed by atoms with Gasteiger partial charge in [0.1, 0.15) is 11.6 Å². The number of rotatable bonds is 5. The van der Waals surface area contributed by atoms with E-state index in [1.165, 1.54) is 18.9 Å². The number of likely N-dealkylation sites (N-methyl/N-ethyl adjacent to an activating group) is 1. The zero-order valence-corrected chi connectivity index (χ0v) is 16.2. The number of nitrogens with zero attached hydrogens (tertiary/aromatic N) is 2. The third-order valence-electron chi connectivity index (χ3n) is 5.91. The van der Waals surface area contributed by atoms with E-state index in [1.807, 2.05) is 13.8 Å². The van der Waals surface area contributed by atoms with Gasteiger partial charge in [-0.3, -0.25) is 0 Å². The van der Waals surface area contributed by atoms with Gasteiger partial charge in [-0.05, 0) is 63.8 Å². The van der Waals surface area contributed by atoms with Crippen LogP contribution >= 0.6 is 0 Å². The van der Waals surface area contributed by atoms with Gasteiger partial charge in [0.25, 0.3) is 0 Å². The van der Waals surface area contributed by atoms with Crippen LogP contribution < -0.4 is 4.90 Å². The van der Waals surface area contributed by atoms with Crippen LogP contribution in [0.15, 0.2) is 24.8 Å². The van der Waals surface area contributed by atoms with E-state index < -0.39 is 0 Å². The number of benzene rings is 1. The van der Waals surface area contributed by atoms with E-state index in [1.54, 1.807) is 0 Å². The maximum Gasteiger partial charge on any atom is 0.147 e. The second kappa shape index (κ2) is 7.51. The summed E-state index contributed by atoms with van der Waals surface area (Å²) in [6.45, 7) is 14.2. The molecule has 2 nitrogen and oxygen atoms in total. The number of halogens is 2. The highest BCUT2D eigenvalue weighted by atomic mass is 19.1. The number of piperidine rings is 1. The van der Waals surface area contributed by atoms with Crippen molar-refractivity contribution in [3.8, 4) is 0 Å². The number of likely N-dealkylation sites (tertiary alicyclic amines) is 1. The van der Waals surface area contributed by atoms with E-state index in [-0.39, 0.29) is 11.6 Å². The number of hydrogen-bond acceptors (Lipinski definition) is 2. The minimum atomic E-state index is -0.331. The van der Waals surface area contributed by atoms with Crippen molar-refractivity contribution in [2.45, 2.75) is 45.6 Å². The van der Waals surface area contributed by atoms with Crippen LogP contribution in [0, 0.1) is 17.6 Å². The summed E-state index contributed by atoms with van der Waals surface area (Å²) in [7, 11) is 2.14. The fraction of sp³-hybridized carbons (Fsp3) is 0.545. The molecule has 0 aromatic heterocycles. The molecule has 1 aromatic rings. The van der Waals surface area contributed by atoms with Gasteiger partial charge in [-0.2, -0.15) is 0 Å². The number of allylic oxidation sites excluding steroid dienone is 2. The lowest BCUT2D eigenvalue weighted by atomic mass is 9.93. The van der Waals surface area contributed by atoms with Crippen LogP contribution in [-0.4, -0.2) is 37.6 Å². The predicted molar refractivity (Wildman–Crippen MR) is 106 cm³/mol. The van der Waals surface area contributed by atoms with Crippen LogP contribution in [0.5, 0.6) is 0 Å². The lowest BCUT2D eigenvalue weighted by Gasteiger charge is -2.33. The third kappa shape index (κ3) is 3.44. The van der Waals surface area contributed by atoms with Gasteiger partial charge in [0.05, 0.1) is 5.69 Å². The fourth-order valence-electron chi connectivity index (χ4n) is 4.64. The summed E-state index contributed by atoms with van der Waals surface area (Å²) in [5, 5.41) is 0. The molecule has 0 radical (unpaired) electrons. The van der Waals surface area contributed by atoms with Crippen molar-refractivity contribution in [2.75, 3.05) is 31.6 Å². The molecule has 2 heterocycles. The van der Waals surface area contributed by atoms with Crippen LogP contribution in [0.4, 0.5) is 14.5 Å². The first kappa shape index (κ1) is 19.1. The number of anilines is 1. The first-order chi connectivity index (χ1) is 12.3. The van der Waals surface area contributed by atoms with Gasteiger partial charge in [0.2, 0.25) is 0 Å². The molecule has 0 spiro atoms. The second-order valence-corrected chi connectivity index (χ2v) is 7.99. The Balaban J connectivity index is 1.97. The summed E-state index contributed by atoms with van der Waals surface area (Å²) < 4.78 is 30.3. The highest BCUT2D eigenvalue weighted by Crippen LogP contribution is 2.38. The molecule has 1 aromatic carbocycles. The molecule has 2 atom stereocenters. The SMILES string of the molecule is C=C(C)CC(=C)c1cc(F)c(N2CC3CCCN(C)C3C2)c(CC)c1F. The molecule has 142 valence electrons. The lowest BCUT2D eigenvalue weighted by Crippen LogP contribution is -2.42. The molecule has 0 bridgehead atoms. The van der Waals surface area contributed by atoms with Crippen molar-refractivity contribution >= 4 is 11.3 Å². The highest BCUT2D eigenvalue weighted by Gasteiger charge is 2.39. The Bertz CT molecular complexity index is 725.